The number of nitrogens with zero attached hydrogens (tertiary/aromatic N) is 3. The molecule has 0 amide bonds. The highest BCUT2D eigenvalue weighted by Crippen LogP contribution is 2.20. The van der Waals surface area contributed by atoms with Crippen LogP contribution in [0.25, 0.3) is 0 Å². The summed E-state index contributed by atoms with van der Waals surface area (Å²) in [6, 6.07) is 1.86. The molecular weight excluding hydrogens is 222 g/mol. The van der Waals surface area contributed by atoms with E-state index in [1.807, 2.05) is 30.0 Å². The highest BCUT2D eigenvalue weighted by molar-refractivity contribution is 7.09. The lowest BCUT2D eigenvalue weighted by molar-refractivity contribution is 0.167. The van der Waals surface area contributed by atoms with Crippen LogP contribution in [0.5, 0.6) is 0 Å². The van der Waals surface area contributed by atoms with Gasteiger partial charge in [-0.2, -0.15) is 5.10 Å². The van der Waals surface area contributed by atoms with Crippen LogP contribution in [0, 0.1) is 6.92 Å². The summed E-state index contributed by atoms with van der Waals surface area (Å²) in [7, 11) is 0. The van der Waals surface area contributed by atoms with Gasteiger partial charge in [-0.25, -0.2) is 4.98 Å². The molecule has 0 fully saturated rings. The van der Waals surface area contributed by atoms with E-state index in [2.05, 4.69) is 10.1 Å². The van der Waals surface area contributed by atoms with Crippen molar-refractivity contribution in [3.05, 3.63) is 34.0 Å². The van der Waals surface area contributed by atoms with Crippen molar-refractivity contribution in [3.8, 4) is 0 Å². The number of hydrogen-bond donors (Lipinski definition) is 1. The molecule has 5 heteroatoms. The van der Waals surface area contributed by atoms with E-state index in [1.165, 1.54) is 0 Å². The fraction of sp³-hybridized carbons (Fsp3) is 0.455. The first kappa shape index (κ1) is 11.3. The summed E-state index contributed by atoms with van der Waals surface area (Å²) in [5, 5.41) is 17.2. The van der Waals surface area contributed by atoms with Crippen LogP contribution in [0.2, 0.25) is 0 Å². The Kier molecular flexibility index (Phi) is 3.36. The molecule has 0 aliphatic rings. The largest absolute Gasteiger partial charge is 0.386 e. The van der Waals surface area contributed by atoms with Crippen molar-refractivity contribution in [2.24, 2.45) is 0 Å². The van der Waals surface area contributed by atoms with Gasteiger partial charge in [0, 0.05) is 30.2 Å². The molecule has 1 unspecified atom stereocenters. The van der Waals surface area contributed by atoms with Gasteiger partial charge in [0.2, 0.25) is 0 Å². The van der Waals surface area contributed by atoms with Gasteiger partial charge in [0.15, 0.2) is 0 Å². The topological polar surface area (TPSA) is 50.9 Å². The van der Waals surface area contributed by atoms with E-state index in [4.69, 9.17) is 0 Å². The first-order valence-electron chi connectivity index (χ1n) is 5.31. The molecule has 86 valence electrons. The van der Waals surface area contributed by atoms with Gasteiger partial charge in [0.1, 0.15) is 6.10 Å². The zero-order valence-electron chi connectivity index (χ0n) is 9.42. The molecule has 0 aromatic carbocycles. The quantitative estimate of drug-likeness (QED) is 0.884. The lowest BCUT2D eigenvalue weighted by Crippen LogP contribution is -2.10. The van der Waals surface area contributed by atoms with Crippen molar-refractivity contribution in [1.82, 2.24) is 14.8 Å². The maximum atomic E-state index is 10.1. The molecule has 0 saturated carbocycles. The molecule has 2 aromatic heterocycles. The monoisotopic (exact) mass is 237 g/mol. The van der Waals surface area contributed by atoms with Crippen molar-refractivity contribution in [2.75, 3.05) is 0 Å². The summed E-state index contributed by atoms with van der Waals surface area (Å²) < 4.78 is 1.81. The Morgan fingerprint density at radius 3 is 3.00 bits per heavy atom. The summed E-state index contributed by atoms with van der Waals surface area (Å²) in [6.07, 6.45) is 1.76. The van der Waals surface area contributed by atoms with Gasteiger partial charge in [0.05, 0.1) is 10.7 Å². The molecule has 0 spiro atoms. The van der Waals surface area contributed by atoms with Gasteiger partial charge in [-0.15, -0.1) is 11.3 Å². The molecule has 0 bridgehead atoms. The minimum absolute atomic E-state index is 0.520. The summed E-state index contributed by atoms with van der Waals surface area (Å²) in [4.78, 5) is 4.34. The molecule has 0 radical (unpaired) electrons. The second-order valence-corrected chi connectivity index (χ2v) is 4.62. The van der Waals surface area contributed by atoms with Gasteiger partial charge in [0.25, 0.3) is 0 Å². The zero-order valence-corrected chi connectivity index (χ0v) is 10.2. The van der Waals surface area contributed by atoms with E-state index in [1.54, 1.807) is 17.5 Å². The smallest absolute Gasteiger partial charge is 0.102 e. The molecule has 1 atom stereocenters. The minimum Gasteiger partial charge on any atom is -0.386 e. The van der Waals surface area contributed by atoms with Crippen LogP contribution in [-0.4, -0.2) is 19.9 Å². The Morgan fingerprint density at radius 2 is 2.38 bits per heavy atom. The number of aliphatic hydroxyl groups excluding tert-OH is 1. The molecule has 2 aromatic rings. The zero-order chi connectivity index (χ0) is 11.5. The molecule has 16 heavy (non-hydrogen) atoms. The maximum Gasteiger partial charge on any atom is 0.102 e. The molecule has 0 saturated heterocycles. The molecule has 0 aliphatic heterocycles. The van der Waals surface area contributed by atoms with Crippen LogP contribution in [0.4, 0.5) is 0 Å². The first-order chi connectivity index (χ1) is 7.70. The SMILES string of the molecule is CCn1nccc1C(O)Cc1nc(C)cs1. The minimum atomic E-state index is -0.520. The second kappa shape index (κ2) is 4.76. The summed E-state index contributed by atoms with van der Waals surface area (Å²) in [6.45, 7) is 4.75. The van der Waals surface area contributed by atoms with Crippen LogP contribution >= 0.6 is 11.3 Å². The van der Waals surface area contributed by atoms with Crippen LogP contribution in [-0.2, 0) is 13.0 Å². The number of aliphatic hydroxyl groups is 1. The van der Waals surface area contributed by atoms with Crippen LogP contribution < -0.4 is 0 Å². The molecule has 1 N–H and O–H groups in total. The van der Waals surface area contributed by atoms with Gasteiger partial charge >= 0.3 is 0 Å². The third kappa shape index (κ3) is 2.31. The summed E-state index contributed by atoms with van der Waals surface area (Å²) in [5.41, 5.74) is 1.87. The van der Waals surface area contributed by atoms with Gasteiger partial charge < -0.3 is 5.11 Å². The Balaban J connectivity index is 2.11. The van der Waals surface area contributed by atoms with Crippen LogP contribution in [0.1, 0.15) is 29.4 Å². The number of aryl methyl sites for hydroxylation is 2. The maximum absolute atomic E-state index is 10.1. The second-order valence-electron chi connectivity index (χ2n) is 3.67. The van der Waals surface area contributed by atoms with E-state index in [0.29, 0.717) is 6.42 Å². The Hall–Kier alpha value is -1.20. The van der Waals surface area contributed by atoms with Crippen molar-refractivity contribution in [3.63, 3.8) is 0 Å². The molecule has 2 heterocycles. The normalized spacial score (nSPS) is 12.9. The fourth-order valence-corrected chi connectivity index (χ4v) is 2.47. The average molecular weight is 237 g/mol. The van der Waals surface area contributed by atoms with Crippen LogP contribution in [0.3, 0.4) is 0 Å². The third-order valence-corrected chi connectivity index (χ3v) is 3.41. The predicted octanol–water partition coefficient (Wildman–Crippen LogP) is 1.94. The standard InChI is InChI=1S/C11H15N3OS/c1-3-14-9(4-5-12-14)10(15)6-11-13-8(2)7-16-11/h4-5,7,10,15H,3,6H2,1-2H3. The fourth-order valence-electron chi connectivity index (χ4n) is 1.66. The molecule has 2 rings (SSSR count). The number of thiazole rings is 1. The third-order valence-electron chi connectivity index (χ3n) is 2.42. The van der Waals surface area contributed by atoms with Crippen molar-refractivity contribution in [1.29, 1.82) is 0 Å². The van der Waals surface area contributed by atoms with Crippen molar-refractivity contribution < 1.29 is 5.11 Å². The molecule has 0 aliphatic carbocycles. The average Bonchev–Trinajstić information content (AvgIpc) is 2.86. The Labute approximate surface area is 98.6 Å². The Bertz CT molecular complexity index is 463. The van der Waals surface area contributed by atoms with E-state index in [9.17, 15) is 5.11 Å². The van der Waals surface area contributed by atoms with E-state index in [-0.39, 0.29) is 0 Å². The predicted molar refractivity (Wildman–Crippen MR) is 63.4 cm³/mol. The van der Waals surface area contributed by atoms with Gasteiger partial charge in [-0.05, 0) is 19.9 Å². The summed E-state index contributed by atoms with van der Waals surface area (Å²) in [5.74, 6) is 0. The highest BCUT2D eigenvalue weighted by Gasteiger charge is 2.14. The van der Waals surface area contributed by atoms with Gasteiger partial charge in [-0.3, -0.25) is 4.68 Å². The van der Waals surface area contributed by atoms with Crippen molar-refractivity contribution >= 4 is 11.3 Å². The van der Waals surface area contributed by atoms with Crippen molar-refractivity contribution in [2.45, 2.75) is 32.9 Å². The first-order valence-corrected chi connectivity index (χ1v) is 6.19. The van der Waals surface area contributed by atoms with E-state index in [0.717, 1.165) is 22.9 Å². The highest BCUT2D eigenvalue weighted by atomic mass is 32.1. The Morgan fingerprint density at radius 1 is 1.56 bits per heavy atom. The number of aromatic nitrogens is 3. The lowest BCUT2D eigenvalue weighted by atomic mass is 10.2. The van der Waals surface area contributed by atoms with E-state index < -0.39 is 6.10 Å². The van der Waals surface area contributed by atoms with E-state index >= 15 is 0 Å². The lowest BCUT2D eigenvalue weighted by Gasteiger charge is -2.10. The molecular formula is C11H15N3OS. The number of rotatable bonds is 4. The number of hydrogen-bond acceptors (Lipinski definition) is 4. The summed E-state index contributed by atoms with van der Waals surface area (Å²) >= 11 is 1.59. The molecule has 4 nitrogen and oxygen atoms in total. The van der Waals surface area contributed by atoms with Gasteiger partial charge in [-0.1, -0.05) is 0 Å². The van der Waals surface area contributed by atoms with Crippen LogP contribution in [0.15, 0.2) is 17.6 Å².